The van der Waals surface area contributed by atoms with Crippen molar-refractivity contribution in [3.05, 3.63) is 0 Å². The lowest BCUT2D eigenvalue weighted by molar-refractivity contribution is -0.873. The van der Waals surface area contributed by atoms with Crippen molar-refractivity contribution < 1.29 is 9.59 Å². The highest BCUT2D eigenvalue weighted by Gasteiger charge is 2.09. The Balaban J connectivity index is 0. The highest BCUT2D eigenvalue weighted by molar-refractivity contribution is 4.39. The lowest BCUT2D eigenvalue weighted by atomic mass is 10.3. The van der Waals surface area contributed by atoms with Gasteiger partial charge in [-0.1, -0.05) is 0 Å². The topological polar surface area (TPSA) is 23.5 Å². The number of hydrogen-bond acceptors (Lipinski definition) is 2. The smallest absolute Gasteiger partial charge is 0.104 e. The van der Waals surface area contributed by atoms with E-state index < -0.39 is 0 Å². The minimum absolute atomic E-state index is 0.185. The van der Waals surface area contributed by atoms with Gasteiger partial charge in [0.15, 0.2) is 0 Å². The predicted octanol–water partition coefficient (Wildman–Crippen LogP) is 0.251. The van der Waals surface area contributed by atoms with Crippen LogP contribution in [-0.4, -0.2) is 69.4 Å². The summed E-state index contributed by atoms with van der Waals surface area (Å²) in [6.45, 7) is 2.63. The molecule has 3 nitrogen and oxygen atoms in total. The number of nitrogens with zero attached hydrogens (tertiary/aromatic N) is 2. The van der Waals surface area contributed by atoms with Crippen LogP contribution in [0.1, 0.15) is 6.92 Å². The van der Waals surface area contributed by atoms with Crippen molar-refractivity contribution in [3.8, 4) is 0 Å². The second-order valence-electron chi connectivity index (χ2n) is 4.66. The summed E-state index contributed by atoms with van der Waals surface area (Å²) in [5.41, 5.74) is 0. The summed E-state index contributed by atoms with van der Waals surface area (Å²) in [4.78, 5) is 2.00. The van der Waals surface area contributed by atoms with Gasteiger partial charge in [0.25, 0.3) is 0 Å². The Morgan fingerprint density at radius 3 is 1.42 bits per heavy atom. The minimum Gasteiger partial charge on any atom is -0.388 e. The molecule has 0 rings (SSSR count). The fourth-order valence-corrected chi connectivity index (χ4v) is 0.793. The van der Waals surface area contributed by atoms with Gasteiger partial charge < -0.3 is 14.5 Å². The maximum atomic E-state index is 8.87. The van der Waals surface area contributed by atoms with Crippen LogP contribution in [0, 0.1) is 0 Å². The Kier molecular flexibility index (Phi) is 7.69. The quantitative estimate of drug-likeness (QED) is 0.611. The molecule has 0 aromatic rings. The van der Waals surface area contributed by atoms with Crippen molar-refractivity contribution in [2.45, 2.75) is 13.0 Å². The molecule has 0 aromatic carbocycles. The van der Waals surface area contributed by atoms with Gasteiger partial charge >= 0.3 is 0 Å². The van der Waals surface area contributed by atoms with Crippen molar-refractivity contribution in [1.82, 2.24) is 4.90 Å². The summed E-state index contributed by atoms with van der Waals surface area (Å²) in [5.74, 6) is 0. The van der Waals surface area contributed by atoms with E-state index in [1.165, 1.54) is 0 Å². The molecule has 0 bridgehead atoms. The van der Waals surface area contributed by atoms with Crippen LogP contribution < -0.4 is 0 Å². The maximum Gasteiger partial charge on any atom is 0.104 e. The second kappa shape index (κ2) is 6.40. The fourth-order valence-electron chi connectivity index (χ4n) is 0.793. The molecule has 0 radical (unpaired) electrons. The Labute approximate surface area is 77.2 Å². The number of likely N-dealkylation sites (N-methyl/N-ethyl adjacent to an activating group) is 1. The van der Waals surface area contributed by atoms with Gasteiger partial charge in [0, 0.05) is 0 Å². The molecule has 0 aliphatic carbocycles. The van der Waals surface area contributed by atoms with Gasteiger partial charge in [0.05, 0.1) is 21.1 Å². The highest BCUT2D eigenvalue weighted by Crippen LogP contribution is 1.92. The van der Waals surface area contributed by atoms with Gasteiger partial charge in [0.2, 0.25) is 0 Å². The molecule has 0 fully saturated rings. The van der Waals surface area contributed by atoms with Crippen molar-refractivity contribution in [2.24, 2.45) is 0 Å². The molecule has 0 aliphatic heterocycles. The summed E-state index contributed by atoms with van der Waals surface area (Å²) in [5, 5.41) is 8.87. The predicted molar refractivity (Wildman–Crippen MR) is 54.2 cm³/mol. The Morgan fingerprint density at radius 1 is 1.17 bits per heavy atom. The highest BCUT2D eigenvalue weighted by atomic mass is 16.3. The Hall–Kier alpha value is -0.120. The largest absolute Gasteiger partial charge is 0.388 e. The lowest BCUT2D eigenvalue weighted by Crippen LogP contribution is -2.40. The molecule has 0 saturated carbocycles. The lowest BCUT2D eigenvalue weighted by Gasteiger charge is -2.24. The molecule has 0 amide bonds. The molecule has 1 N–H and O–H groups in total. The summed E-state index contributed by atoms with van der Waals surface area (Å²) < 4.78 is 0.831. The molecule has 1 unspecified atom stereocenters. The van der Waals surface area contributed by atoms with E-state index in [0.717, 1.165) is 11.0 Å². The third-order valence-electron chi connectivity index (χ3n) is 0.812. The monoisotopic (exact) mass is 177 g/mol. The van der Waals surface area contributed by atoms with Crippen molar-refractivity contribution in [3.63, 3.8) is 0 Å². The normalized spacial score (nSPS) is 13.8. The molecule has 76 valence electrons. The van der Waals surface area contributed by atoms with Crippen LogP contribution >= 0.6 is 0 Å². The average molecular weight is 177 g/mol. The number of aliphatic hydroxyl groups is 1. The zero-order valence-electron chi connectivity index (χ0n) is 9.63. The Morgan fingerprint density at radius 2 is 1.42 bits per heavy atom. The molecule has 0 aliphatic rings. The zero-order valence-corrected chi connectivity index (χ0v) is 9.63. The number of quaternary nitrogens is 1. The van der Waals surface area contributed by atoms with Crippen LogP contribution in [-0.2, 0) is 0 Å². The van der Waals surface area contributed by atoms with Crippen LogP contribution in [0.15, 0.2) is 0 Å². The molecular weight excluding hydrogens is 152 g/mol. The molecule has 3 heteroatoms. The average Bonchev–Trinajstić information content (AvgIpc) is 1.52. The first-order valence-electron chi connectivity index (χ1n) is 4.24. The van der Waals surface area contributed by atoms with Crippen LogP contribution in [0.5, 0.6) is 0 Å². The third kappa shape index (κ3) is 32.7. The van der Waals surface area contributed by atoms with Gasteiger partial charge in [-0.15, -0.1) is 0 Å². The van der Waals surface area contributed by atoms with Gasteiger partial charge in [-0.2, -0.15) is 0 Å². The van der Waals surface area contributed by atoms with Gasteiger partial charge in [-0.05, 0) is 28.1 Å². The number of hydrogen-bond donors (Lipinski definition) is 1. The van der Waals surface area contributed by atoms with Gasteiger partial charge in [-0.25, -0.2) is 0 Å². The SMILES string of the molecule is CC(O)C[N+](C)(C)C.CN(C)C. The van der Waals surface area contributed by atoms with Crippen LogP contribution in [0.25, 0.3) is 0 Å². The van der Waals surface area contributed by atoms with Gasteiger partial charge in [0.1, 0.15) is 12.6 Å². The van der Waals surface area contributed by atoms with E-state index in [-0.39, 0.29) is 6.10 Å². The van der Waals surface area contributed by atoms with Crippen LogP contribution in [0.2, 0.25) is 0 Å². The molecular formula is C9H25N2O+. The van der Waals surface area contributed by atoms with Gasteiger partial charge in [-0.3, -0.25) is 0 Å². The first kappa shape index (κ1) is 14.4. The van der Waals surface area contributed by atoms with E-state index in [4.69, 9.17) is 5.11 Å². The molecule has 0 heterocycles. The molecule has 0 saturated heterocycles. The van der Waals surface area contributed by atoms with E-state index in [9.17, 15) is 0 Å². The summed E-state index contributed by atoms with van der Waals surface area (Å²) in [6.07, 6.45) is -0.185. The number of rotatable bonds is 2. The molecule has 0 aromatic heterocycles. The summed E-state index contributed by atoms with van der Waals surface area (Å²) in [7, 11) is 12.2. The first-order valence-corrected chi connectivity index (χ1v) is 4.24. The first-order chi connectivity index (χ1) is 5.15. The van der Waals surface area contributed by atoms with E-state index in [1.54, 1.807) is 0 Å². The number of aliphatic hydroxyl groups excluding tert-OH is 1. The third-order valence-corrected chi connectivity index (χ3v) is 0.812. The summed E-state index contributed by atoms with van der Waals surface area (Å²) in [6, 6.07) is 0. The van der Waals surface area contributed by atoms with E-state index in [2.05, 4.69) is 21.1 Å². The second-order valence-corrected chi connectivity index (χ2v) is 4.66. The molecule has 0 spiro atoms. The van der Waals surface area contributed by atoms with E-state index in [0.29, 0.717) is 0 Å². The minimum atomic E-state index is -0.185. The van der Waals surface area contributed by atoms with Crippen LogP contribution in [0.4, 0.5) is 0 Å². The van der Waals surface area contributed by atoms with Crippen molar-refractivity contribution in [2.75, 3.05) is 48.8 Å². The van der Waals surface area contributed by atoms with Crippen molar-refractivity contribution in [1.29, 1.82) is 0 Å². The zero-order chi connectivity index (χ0) is 10.4. The molecule has 12 heavy (non-hydrogen) atoms. The van der Waals surface area contributed by atoms with Crippen LogP contribution in [0.3, 0.4) is 0 Å². The van der Waals surface area contributed by atoms with E-state index >= 15 is 0 Å². The van der Waals surface area contributed by atoms with Crippen molar-refractivity contribution >= 4 is 0 Å². The Bertz CT molecular complexity index is 92.4. The fraction of sp³-hybridized carbons (Fsp3) is 1.00. The maximum absolute atomic E-state index is 8.87. The molecule has 1 atom stereocenters. The summed E-state index contributed by atoms with van der Waals surface area (Å²) >= 11 is 0. The standard InChI is InChI=1S/C6H16NO.C3H9N/c1-6(8)5-7(2,3)4;1-4(2)3/h6,8H,5H2,1-4H3;1-3H3/q+1;. The van der Waals surface area contributed by atoms with E-state index in [1.807, 2.05) is 33.0 Å².